The fourth-order valence-electron chi connectivity index (χ4n) is 3.03. The number of hydrogen-bond donors (Lipinski definition) is 3. The lowest BCUT2D eigenvalue weighted by atomic mass is 9.98. The van der Waals surface area contributed by atoms with Crippen LogP contribution in [0.2, 0.25) is 0 Å². The van der Waals surface area contributed by atoms with Crippen molar-refractivity contribution in [3.8, 4) is 0 Å². The van der Waals surface area contributed by atoms with Crippen LogP contribution in [0, 0.1) is 0 Å². The van der Waals surface area contributed by atoms with Crippen LogP contribution in [0.1, 0.15) is 45.4 Å². The highest BCUT2D eigenvalue weighted by molar-refractivity contribution is 7.89. The molecule has 1 aromatic heterocycles. The number of aliphatic imine (C=N–C) groups is 1. The van der Waals surface area contributed by atoms with Crippen molar-refractivity contribution in [2.45, 2.75) is 56.4 Å². The van der Waals surface area contributed by atoms with E-state index >= 15 is 0 Å². The van der Waals surface area contributed by atoms with E-state index in [9.17, 15) is 8.42 Å². The Labute approximate surface area is 168 Å². The SMILES string of the molecule is CCNC(=NCCCOC1CCCCC1)NCCNS(=O)(=O)c1cccnc1. The average Bonchev–Trinajstić information content (AvgIpc) is 2.72. The maximum Gasteiger partial charge on any atom is 0.242 e. The molecule has 0 spiro atoms. The third kappa shape index (κ3) is 8.53. The second-order valence-electron chi connectivity index (χ2n) is 6.76. The molecule has 1 fully saturated rings. The molecule has 158 valence electrons. The van der Waals surface area contributed by atoms with E-state index in [0.717, 1.165) is 19.6 Å². The molecule has 0 aliphatic heterocycles. The van der Waals surface area contributed by atoms with Crippen molar-refractivity contribution in [2.24, 2.45) is 4.99 Å². The number of guanidine groups is 1. The van der Waals surface area contributed by atoms with E-state index < -0.39 is 10.0 Å². The van der Waals surface area contributed by atoms with Crippen LogP contribution in [0.3, 0.4) is 0 Å². The predicted octanol–water partition coefficient (Wildman–Crippen LogP) is 1.65. The van der Waals surface area contributed by atoms with Crippen molar-refractivity contribution in [2.75, 3.05) is 32.8 Å². The fraction of sp³-hybridized carbons (Fsp3) is 0.684. The molecule has 9 heteroatoms. The predicted molar refractivity (Wildman–Crippen MR) is 111 cm³/mol. The van der Waals surface area contributed by atoms with Crippen LogP contribution in [0.4, 0.5) is 0 Å². The molecule has 1 heterocycles. The van der Waals surface area contributed by atoms with Crippen LogP contribution in [-0.4, -0.2) is 58.3 Å². The largest absolute Gasteiger partial charge is 0.378 e. The van der Waals surface area contributed by atoms with Crippen molar-refractivity contribution >= 4 is 16.0 Å². The summed E-state index contributed by atoms with van der Waals surface area (Å²) in [6, 6.07) is 3.12. The minimum absolute atomic E-state index is 0.161. The lowest BCUT2D eigenvalue weighted by Crippen LogP contribution is -2.41. The summed E-state index contributed by atoms with van der Waals surface area (Å²) >= 11 is 0. The molecule has 2 rings (SSSR count). The van der Waals surface area contributed by atoms with Crippen molar-refractivity contribution in [1.82, 2.24) is 20.3 Å². The summed E-state index contributed by atoms with van der Waals surface area (Å²) < 4.78 is 32.7. The molecule has 0 bridgehead atoms. The molecule has 28 heavy (non-hydrogen) atoms. The maximum atomic E-state index is 12.1. The molecule has 8 nitrogen and oxygen atoms in total. The third-order valence-electron chi connectivity index (χ3n) is 4.48. The molecule has 0 atom stereocenters. The van der Waals surface area contributed by atoms with Gasteiger partial charge in [0.05, 0.1) is 6.10 Å². The first-order valence-corrected chi connectivity index (χ1v) is 11.6. The normalized spacial score (nSPS) is 16.1. The monoisotopic (exact) mass is 411 g/mol. The zero-order valence-corrected chi connectivity index (χ0v) is 17.5. The van der Waals surface area contributed by atoms with E-state index in [1.807, 2.05) is 6.92 Å². The third-order valence-corrected chi connectivity index (χ3v) is 5.92. The molecule has 0 aromatic carbocycles. The zero-order chi connectivity index (χ0) is 20.1. The van der Waals surface area contributed by atoms with Gasteiger partial charge in [0.25, 0.3) is 0 Å². The molecular formula is C19H33N5O3S. The quantitative estimate of drug-likeness (QED) is 0.291. The summed E-state index contributed by atoms with van der Waals surface area (Å²) in [6.07, 6.45) is 10.4. The van der Waals surface area contributed by atoms with Crippen molar-refractivity contribution < 1.29 is 13.2 Å². The Morgan fingerprint density at radius 2 is 2.07 bits per heavy atom. The van der Waals surface area contributed by atoms with Gasteiger partial charge in [-0.3, -0.25) is 9.98 Å². The van der Waals surface area contributed by atoms with Crippen LogP contribution >= 0.6 is 0 Å². The van der Waals surface area contributed by atoms with E-state index in [1.165, 1.54) is 44.4 Å². The fourth-order valence-corrected chi connectivity index (χ4v) is 4.03. The molecular weight excluding hydrogens is 378 g/mol. The van der Waals surface area contributed by atoms with Crippen molar-refractivity contribution in [3.63, 3.8) is 0 Å². The van der Waals surface area contributed by atoms with E-state index in [0.29, 0.717) is 25.2 Å². The zero-order valence-electron chi connectivity index (χ0n) is 16.7. The lowest BCUT2D eigenvalue weighted by Gasteiger charge is -2.21. The first-order chi connectivity index (χ1) is 13.6. The highest BCUT2D eigenvalue weighted by Crippen LogP contribution is 2.20. The van der Waals surface area contributed by atoms with Gasteiger partial charge in [0.2, 0.25) is 10.0 Å². The smallest absolute Gasteiger partial charge is 0.242 e. The number of ether oxygens (including phenoxy) is 1. The van der Waals surface area contributed by atoms with Gasteiger partial charge in [-0.15, -0.1) is 0 Å². The molecule has 1 aromatic rings. The van der Waals surface area contributed by atoms with Gasteiger partial charge in [-0.05, 0) is 38.3 Å². The molecule has 3 N–H and O–H groups in total. The Morgan fingerprint density at radius 3 is 2.79 bits per heavy atom. The van der Waals surface area contributed by atoms with E-state index in [1.54, 1.807) is 12.3 Å². The maximum absolute atomic E-state index is 12.1. The first kappa shape index (κ1) is 22.6. The molecule has 1 aliphatic carbocycles. The summed E-state index contributed by atoms with van der Waals surface area (Å²) in [7, 11) is -3.53. The molecule has 0 amide bonds. The van der Waals surface area contributed by atoms with Crippen LogP contribution in [0.25, 0.3) is 0 Å². The number of nitrogens with one attached hydrogen (secondary N) is 3. The van der Waals surface area contributed by atoms with Gasteiger partial charge >= 0.3 is 0 Å². The van der Waals surface area contributed by atoms with E-state index in [-0.39, 0.29) is 11.4 Å². The minimum Gasteiger partial charge on any atom is -0.378 e. The molecule has 1 aliphatic rings. The summed E-state index contributed by atoms with van der Waals surface area (Å²) in [4.78, 5) is 8.51. The number of aromatic nitrogens is 1. The number of nitrogens with zero attached hydrogens (tertiary/aromatic N) is 2. The molecule has 0 unspecified atom stereocenters. The Bertz CT molecular complexity index is 676. The number of pyridine rings is 1. The summed E-state index contributed by atoms with van der Waals surface area (Å²) in [5.41, 5.74) is 0. The van der Waals surface area contributed by atoms with Gasteiger partial charge < -0.3 is 15.4 Å². The Balaban J connectivity index is 1.65. The van der Waals surface area contributed by atoms with Gasteiger partial charge in [0, 0.05) is 45.2 Å². The molecule has 0 saturated heterocycles. The Morgan fingerprint density at radius 1 is 1.25 bits per heavy atom. The van der Waals surface area contributed by atoms with Gasteiger partial charge in [0.15, 0.2) is 5.96 Å². The van der Waals surface area contributed by atoms with Crippen LogP contribution in [0.5, 0.6) is 0 Å². The number of rotatable bonds is 11. The topological polar surface area (TPSA) is 105 Å². The Kier molecular flexibility index (Phi) is 10.2. The van der Waals surface area contributed by atoms with Gasteiger partial charge in [0.1, 0.15) is 4.90 Å². The van der Waals surface area contributed by atoms with Crippen LogP contribution < -0.4 is 15.4 Å². The second kappa shape index (κ2) is 12.7. The van der Waals surface area contributed by atoms with Crippen LogP contribution in [-0.2, 0) is 14.8 Å². The second-order valence-corrected chi connectivity index (χ2v) is 8.53. The highest BCUT2D eigenvalue weighted by Gasteiger charge is 2.13. The lowest BCUT2D eigenvalue weighted by molar-refractivity contribution is 0.0281. The minimum atomic E-state index is -3.53. The summed E-state index contributed by atoms with van der Waals surface area (Å²) in [6.45, 7) is 4.83. The summed E-state index contributed by atoms with van der Waals surface area (Å²) in [5, 5.41) is 6.30. The Hall–Kier alpha value is -1.71. The molecule has 0 radical (unpaired) electrons. The molecule has 1 saturated carbocycles. The highest BCUT2D eigenvalue weighted by atomic mass is 32.2. The van der Waals surface area contributed by atoms with Crippen molar-refractivity contribution in [3.05, 3.63) is 24.5 Å². The van der Waals surface area contributed by atoms with E-state index in [2.05, 4.69) is 25.3 Å². The van der Waals surface area contributed by atoms with Crippen molar-refractivity contribution in [1.29, 1.82) is 0 Å². The average molecular weight is 412 g/mol. The summed E-state index contributed by atoms with van der Waals surface area (Å²) in [5.74, 6) is 0.681. The standard InChI is InChI=1S/C19H33N5O3S/c1-2-21-19(22-12-7-15-27-17-8-4-3-5-9-17)23-13-14-24-28(25,26)18-10-6-11-20-16-18/h6,10-11,16-17,24H,2-5,7-9,12-15H2,1H3,(H2,21,22,23). The van der Waals surface area contributed by atoms with Gasteiger partial charge in [-0.2, -0.15) is 0 Å². The van der Waals surface area contributed by atoms with Gasteiger partial charge in [-0.1, -0.05) is 19.3 Å². The van der Waals surface area contributed by atoms with E-state index in [4.69, 9.17) is 4.74 Å². The number of sulfonamides is 1. The number of hydrogen-bond acceptors (Lipinski definition) is 5. The first-order valence-electron chi connectivity index (χ1n) is 10.2. The van der Waals surface area contributed by atoms with Crippen LogP contribution in [0.15, 0.2) is 34.4 Å². The van der Waals surface area contributed by atoms with Gasteiger partial charge in [-0.25, -0.2) is 13.1 Å².